The molecular weight excluding hydrogens is 402 g/mol. The van der Waals surface area contributed by atoms with Gasteiger partial charge in [0.05, 0.1) is 29.1 Å². The van der Waals surface area contributed by atoms with Crippen LogP contribution >= 0.6 is 0 Å². The van der Waals surface area contributed by atoms with Crippen LogP contribution in [0.4, 0.5) is 10.5 Å². The minimum atomic E-state index is -1.83. The summed E-state index contributed by atoms with van der Waals surface area (Å²) < 4.78 is 1.93. The highest BCUT2D eigenvalue weighted by Gasteiger charge is 2.43. The number of nitrogens with zero attached hydrogens (tertiary/aromatic N) is 4. The van der Waals surface area contributed by atoms with Crippen molar-refractivity contribution in [3.8, 4) is 0 Å². The number of aromatic nitrogens is 3. The monoisotopic (exact) mass is 431 g/mol. The van der Waals surface area contributed by atoms with Gasteiger partial charge in [0, 0.05) is 30.8 Å². The van der Waals surface area contributed by atoms with Gasteiger partial charge in [0.15, 0.2) is 5.65 Å². The van der Waals surface area contributed by atoms with E-state index >= 15 is 0 Å². The Hall–Kier alpha value is -2.88. The maximum atomic E-state index is 9.83. The maximum absolute atomic E-state index is 9.83. The molecule has 0 amide bonds. The zero-order chi connectivity index (χ0) is 22.0. The lowest BCUT2D eigenvalue weighted by atomic mass is 9.79. The first kappa shape index (κ1) is 21.4. The number of anilines is 1. The van der Waals surface area contributed by atoms with Gasteiger partial charge in [-0.15, -0.1) is 0 Å². The van der Waals surface area contributed by atoms with Crippen molar-refractivity contribution in [2.75, 3.05) is 5.32 Å². The number of fused-ring (bicyclic) bond motifs is 1. The maximum Gasteiger partial charge on any atom is 0.503 e. The third-order valence-corrected chi connectivity index (χ3v) is 6.44. The molecule has 0 bridgehead atoms. The van der Waals surface area contributed by atoms with Gasteiger partial charge >= 0.3 is 6.16 Å². The van der Waals surface area contributed by atoms with E-state index in [2.05, 4.69) is 22.5 Å². The molecule has 2 aromatic rings. The number of aryl methyl sites for hydroxylation is 1. The van der Waals surface area contributed by atoms with E-state index in [4.69, 9.17) is 24.8 Å². The Kier molecular flexibility index (Phi) is 5.99. The first-order valence-corrected chi connectivity index (χ1v) is 10.9. The molecule has 31 heavy (non-hydrogen) atoms. The van der Waals surface area contributed by atoms with Crippen molar-refractivity contribution in [3.63, 3.8) is 0 Å². The quantitative estimate of drug-likeness (QED) is 0.577. The van der Waals surface area contributed by atoms with Crippen molar-refractivity contribution in [2.24, 2.45) is 5.16 Å². The summed E-state index contributed by atoms with van der Waals surface area (Å²) in [5.41, 5.74) is 3.77. The molecule has 10 heteroatoms. The van der Waals surface area contributed by atoms with E-state index in [1.807, 2.05) is 17.1 Å². The number of rotatable bonds is 4. The van der Waals surface area contributed by atoms with Crippen molar-refractivity contribution in [1.82, 2.24) is 14.8 Å². The minimum Gasteiger partial charge on any atom is -0.450 e. The summed E-state index contributed by atoms with van der Waals surface area (Å²) in [6.45, 7) is 2.88. The molecule has 0 aromatic carbocycles. The van der Waals surface area contributed by atoms with Crippen LogP contribution in [0.5, 0.6) is 0 Å². The Morgan fingerprint density at radius 2 is 1.97 bits per heavy atom. The third kappa shape index (κ3) is 4.43. The Morgan fingerprint density at radius 1 is 1.26 bits per heavy atom. The van der Waals surface area contributed by atoms with Crippen molar-refractivity contribution >= 4 is 28.6 Å². The highest BCUT2D eigenvalue weighted by atomic mass is 16.7. The van der Waals surface area contributed by atoms with Crippen LogP contribution < -0.4 is 5.32 Å². The van der Waals surface area contributed by atoms with Crippen LogP contribution in [-0.2, 0) is 11.4 Å². The molecule has 5 rings (SSSR count). The molecule has 0 unspecified atom stereocenters. The first-order valence-electron chi connectivity index (χ1n) is 10.9. The molecular formula is C21H29N5O5. The van der Waals surface area contributed by atoms with Crippen molar-refractivity contribution in [3.05, 3.63) is 18.0 Å². The van der Waals surface area contributed by atoms with E-state index in [-0.39, 0.29) is 11.7 Å². The van der Waals surface area contributed by atoms with Gasteiger partial charge in [-0.05, 0) is 51.9 Å². The largest absolute Gasteiger partial charge is 0.503 e. The number of carboxylic acid groups (broad SMARTS) is 2. The molecule has 2 aromatic heterocycles. The summed E-state index contributed by atoms with van der Waals surface area (Å²) in [6, 6.07) is 0.515. The number of aliphatic hydroxyl groups is 1. The lowest BCUT2D eigenvalue weighted by Gasteiger charge is -2.33. The van der Waals surface area contributed by atoms with Crippen LogP contribution in [0.25, 0.3) is 11.0 Å². The fourth-order valence-electron chi connectivity index (χ4n) is 4.45. The average Bonchev–Trinajstić information content (AvgIpc) is 3.31. The van der Waals surface area contributed by atoms with Crippen LogP contribution in [0, 0.1) is 0 Å². The number of nitrogens with one attached hydrogen (secondary N) is 1. The Labute approximate surface area is 179 Å². The molecule has 0 atom stereocenters. The predicted molar refractivity (Wildman–Crippen MR) is 115 cm³/mol. The molecule has 2 aliphatic carbocycles. The van der Waals surface area contributed by atoms with Crippen LogP contribution in [0.3, 0.4) is 0 Å². The van der Waals surface area contributed by atoms with Crippen molar-refractivity contribution in [2.45, 2.75) is 82.6 Å². The Morgan fingerprint density at radius 3 is 2.58 bits per heavy atom. The summed E-state index contributed by atoms with van der Waals surface area (Å²) in [4.78, 5) is 19.2. The topological polar surface area (TPSA) is 142 Å². The third-order valence-electron chi connectivity index (χ3n) is 6.44. The number of hydrogen-bond donors (Lipinski definition) is 4. The van der Waals surface area contributed by atoms with Crippen molar-refractivity contribution in [1.29, 1.82) is 0 Å². The number of pyridine rings is 1. The second kappa shape index (κ2) is 8.70. The van der Waals surface area contributed by atoms with E-state index in [1.54, 1.807) is 0 Å². The number of hydrogen-bond acceptors (Lipinski definition) is 7. The Bertz CT molecular complexity index is 972. The zero-order valence-electron chi connectivity index (χ0n) is 17.6. The number of aliphatic hydroxyl groups excluding tert-OH is 1. The normalized spacial score (nSPS) is 25.4. The average molecular weight is 431 g/mol. The van der Waals surface area contributed by atoms with E-state index in [0.717, 1.165) is 66.6 Å². The summed E-state index contributed by atoms with van der Waals surface area (Å²) >= 11 is 0. The first-order chi connectivity index (χ1) is 14.9. The van der Waals surface area contributed by atoms with E-state index in [0.29, 0.717) is 6.04 Å². The summed E-state index contributed by atoms with van der Waals surface area (Å²) in [6.07, 6.45) is 9.58. The van der Waals surface area contributed by atoms with Gasteiger partial charge in [-0.1, -0.05) is 5.16 Å². The highest BCUT2D eigenvalue weighted by molar-refractivity contribution is 6.10. The van der Waals surface area contributed by atoms with Crippen LogP contribution in [0.15, 0.2) is 17.5 Å². The molecule has 3 heterocycles. The van der Waals surface area contributed by atoms with Gasteiger partial charge in [-0.25, -0.2) is 14.5 Å². The van der Waals surface area contributed by atoms with E-state index in [9.17, 15) is 5.11 Å². The molecule has 2 saturated carbocycles. The van der Waals surface area contributed by atoms with Crippen LogP contribution in [0.2, 0.25) is 0 Å². The fraction of sp³-hybridized carbons (Fsp3) is 0.619. The van der Waals surface area contributed by atoms with Gasteiger partial charge < -0.3 is 25.5 Å². The molecule has 0 saturated heterocycles. The lowest BCUT2D eigenvalue weighted by molar-refractivity contribution is -0.0676. The SMILES string of the molecule is CCn1ncc2c(NC3CCC3)c(C3=NOC4(CCC(O)CC4)C3)cnc21.O=C(O)O. The smallest absolute Gasteiger partial charge is 0.450 e. The van der Waals surface area contributed by atoms with Gasteiger partial charge in [-0.3, -0.25) is 0 Å². The summed E-state index contributed by atoms with van der Waals surface area (Å²) in [5.74, 6) is 0. The summed E-state index contributed by atoms with van der Waals surface area (Å²) in [7, 11) is 0. The second-order valence-corrected chi connectivity index (χ2v) is 8.52. The van der Waals surface area contributed by atoms with Gasteiger partial charge in [0.1, 0.15) is 5.60 Å². The van der Waals surface area contributed by atoms with Gasteiger partial charge in [0.2, 0.25) is 0 Å². The zero-order valence-corrected chi connectivity index (χ0v) is 17.6. The number of oxime groups is 1. The van der Waals surface area contributed by atoms with Gasteiger partial charge in [-0.2, -0.15) is 5.10 Å². The fourth-order valence-corrected chi connectivity index (χ4v) is 4.45. The predicted octanol–water partition coefficient (Wildman–Crippen LogP) is 3.44. The highest BCUT2D eigenvalue weighted by Crippen LogP contribution is 2.41. The number of carbonyl (C=O) groups is 1. The molecule has 1 aliphatic heterocycles. The molecule has 3 aliphatic rings. The van der Waals surface area contributed by atoms with Crippen LogP contribution in [0.1, 0.15) is 63.9 Å². The van der Waals surface area contributed by atoms with Gasteiger partial charge in [0.25, 0.3) is 0 Å². The molecule has 1 spiro atoms. The molecule has 168 valence electrons. The minimum absolute atomic E-state index is 0.197. The van der Waals surface area contributed by atoms with Crippen molar-refractivity contribution < 1.29 is 25.0 Å². The molecule has 10 nitrogen and oxygen atoms in total. The molecule has 4 N–H and O–H groups in total. The van der Waals surface area contributed by atoms with Crippen LogP contribution in [-0.4, -0.2) is 59.7 Å². The second-order valence-electron chi connectivity index (χ2n) is 8.52. The standard InChI is InChI=1S/C20H27N5O2.CH2O3/c1-2-25-19-16(12-22-25)18(23-13-4-3-5-13)15(11-21-19)17-10-20(27-24-17)8-6-14(26)7-9-20;2-1(3)4/h11-14,26H,2-10H2,1H3,(H,21,23);(H2,2,3,4). The van der Waals surface area contributed by atoms with E-state index < -0.39 is 6.16 Å². The van der Waals surface area contributed by atoms with E-state index in [1.165, 1.54) is 19.3 Å². The Balaban J connectivity index is 0.000000535. The summed E-state index contributed by atoms with van der Waals surface area (Å²) in [5, 5.41) is 37.6. The molecule has 2 fully saturated rings. The lowest BCUT2D eigenvalue weighted by Crippen LogP contribution is -2.36. The molecule has 0 radical (unpaired) electrons.